The van der Waals surface area contributed by atoms with E-state index in [0.717, 1.165) is 6.07 Å². The third-order valence-electron chi connectivity index (χ3n) is 2.81. The normalized spacial score (nSPS) is 11.0. The maximum atomic E-state index is 12.2. The zero-order chi connectivity index (χ0) is 16.3. The number of hydrogen-bond acceptors (Lipinski definition) is 4. The van der Waals surface area contributed by atoms with Gasteiger partial charge in [0.2, 0.25) is 10.0 Å². The first-order valence-corrected chi connectivity index (χ1v) is 8.01. The fourth-order valence-electron chi connectivity index (χ4n) is 1.81. The van der Waals surface area contributed by atoms with E-state index >= 15 is 0 Å². The minimum Gasteiger partial charge on any atom is -0.495 e. The number of nitrogens with two attached hydrogens (primary N) is 1. The van der Waals surface area contributed by atoms with Crippen LogP contribution in [0.25, 0.3) is 0 Å². The van der Waals surface area contributed by atoms with E-state index in [2.05, 4.69) is 5.32 Å². The monoisotopic (exact) mass is 340 g/mol. The number of ether oxygens (including phenoxy) is 1. The second-order valence-corrected chi connectivity index (χ2v) is 6.34. The lowest BCUT2D eigenvalue weighted by molar-refractivity contribution is 0.102. The highest BCUT2D eigenvalue weighted by Crippen LogP contribution is 2.24. The fourth-order valence-corrected chi connectivity index (χ4v) is 2.72. The molecule has 0 unspecified atom stereocenters. The molecule has 0 aliphatic heterocycles. The lowest BCUT2D eigenvalue weighted by Crippen LogP contribution is -2.16. The van der Waals surface area contributed by atoms with Gasteiger partial charge in [-0.25, -0.2) is 13.6 Å². The summed E-state index contributed by atoms with van der Waals surface area (Å²) in [6.45, 7) is 0. The quantitative estimate of drug-likeness (QED) is 0.891. The van der Waals surface area contributed by atoms with Gasteiger partial charge in [0.1, 0.15) is 10.6 Å². The van der Waals surface area contributed by atoms with Crippen LogP contribution in [0.2, 0.25) is 5.02 Å². The molecule has 0 saturated heterocycles. The van der Waals surface area contributed by atoms with Crippen LogP contribution in [0.4, 0.5) is 5.69 Å². The van der Waals surface area contributed by atoms with Gasteiger partial charge < -0.3 is 10.1 Å². The van der Waals surface area contributed by atoms with E-state index < -0.39 is 15.9 Å². The molecule has 0 bridgehead atoms. The molecule has 1 amide bonds. The third kappa shape index (κ3) is 3.76. The van der Waals surface area contributed by atoms with Gasteiger partial charge in [-0.1, -0.05) is 17.7 Å². The van der Waals surface area contributed by atoms with Crippen LogP contribution < -0.4 is 15.2 Å². The number of rotatable bonds is 4. The number of amides is 1. The van der Waals surface area contributed by atoms with E-state index in [9.17, 15) is 13.2 Å². The zero-order valence-electron chi connectivity index (χ0n) is 11.5. The van der Waals surface area contributed by atoms with Gasteiger partial charge in [0.25, 0.3) is 5.91 Å². The highest BCUT2D eigenvalue weighted by Gasteiger charge is 2.18. The van der Waals surface area contributed by atoms with Crippen molar-refractivity contribution >= 4 is 33.2 Å². The number of carbonyl (C=O) groups excluding carboxylic acids is 1. The smallest absolute Gasteiger partial charge is 0.255 e. The molecule has 0 aliphatic rings. The van der Waals surface area contributed by atoms with Crippen molar-refractivity contribution in [3.8, 4) is 5.75 Å². The molecule has 2 rings (SSSR count). The largest absolute Gasteiger partial charge is 0.495 e. The van der Waals surface area contributed by atoms with Crippen LogP contribution in [0, 0.1) is 0 Å². The zero-order valence-corrected chi connectivity index (χ0v) is 13.1. The summed E-state index contributed by atoms with van der Waals surface area (Å²) in [6, 6.07) is 10.6. The minimum absolute atomic E-state index is 0.0711. The predicted octanol–water partition coefficient (Wildman–Crippen LogP) is 2.25. The number of sulfonamides is 1. The van der Waals surface area contributed by atoms with Gasteiger partial charge in [0.05, 0.1) is 7.11 Å². The summed E-state index contributed by atoms with van der Waals surface area (Å²) >= 11 is 5.84. The highest BCUT2D eigenvalue weighted by molar-refractivity contribution is 7.89. The van der Waals surface area contributed by atoms with Gasteiger partial charge in [0, 0.05) is 16.3 Å². The van der Waals surface area contributed by atoms with E-state index in [0.29, 0.717) is 10.7 Å². The van der Waals surface area contributed by atoms with Crippen LogP contribution in [-0.4, -0.2) is 21.4 Å². The molecule has 0 heterocycles. The Morgan fingerprint density at radius 1 is 1.23 bits per heavy atom. The Bertz CT molecular complexity index is 821. The van der Waals surface area contributed by atoms with E-state index in [-0.39, 0.29) is 16.2 Å². The SMILES string of the molecule is COc1ccc(C(=O)Nc2cccc(Cl)c2)cc1S(N)(=O)=O. The Morgan fingerprint density at radius 3 is 2.55 bits per heavy atom. The van der Waals surface area contributed by atoms with Gasteiger partial charge in [0.15, 0.2) is 0 Å². The Labute approximate surface area is 132 Å². The molecule has 22 heavy (non-hydrogen) atoms. The molecule has 8 heteroatoms. The molecule has 0 aromatic heterocycles. The number of benzene rings is 2. The van der Waals surface area contributed by atoms with Crippen LogP contribution in [0.5, 0.6) is 5.75 Å². The maximum Gasteiger partial charge on any atom is 0.255 e. The van der Waals surface area contributed by atoms with Crippen molar-refractivity contribution in [2.24, 2.45) is 5.14 Å². The number of halogens is 1. The van der Waals surface area contributed by atoms with Crippen molar-refractivity contribution in [3.05, 3.63) is 53.1 Å². The summed E-state index contributed by atoms with van der Waals surface area (Å²) in [5, 5.41) is 8.20. The van der Waals surface area contributed by atoms with Crippen LogP contribution in [0.1, 0.15) is 10.4 Å². The standard InChI is InChI=1S/C14H13ClN2O4S/c1-21-12-6-5-9(7-13(12)22(16,19)20)14(18)17-11-4-2-3-10(15)8-11/h2-8H,1H3,(H,17,18)(H2,16,19,20). The van der Waals surface area contributed by atoms with Gasteiger partial charge >= 0.3 is 0 Å². The van der Waals surface area contributed by atoms with Gasteiger partial charge in [-0.2, -0.15) is 0 Å². The lowest BCUT2D eigenvalue weighted by atomic mass is 10.2. The molecule has 0 radical (unpaired) electrons. The molecule has 2 aromatic carbocycles. The number of hydrogen-bond donors (Lipinski definition) is 2. The van der Waals surface area contributed by atoms with Crippen LogP contribution in [0.15, 0.2) is 47.4 Å². The number of nitrogens with one attached hydrogen (secondary N) is 1. The first-order chi connectivity index (χ1) is 10.3. The Hall–Kier alpha value is -2.09. The number of carbonyl (C=O) groups is 1. The van der Waals surface area contributed by atoms with Crippen molar-refractivity contribution < 1.29 is 17.9 Å². The van der Waals surface area contributed by atoms with Crippen molar-refractivity contribution in [2.45, 2.75) is 4.90 Å². The Morgan fingerprint density at radius 2 is 1.95 bits per heavy atom. The van der Waals surface area contributed by atoms with E-state index in [1.54, 1.807) is 24.3 Å². The average molecular weight is 341 g/mol. The number of primary sulfonamides is 1. The first kappa shape index (κ1) is 16.3. The summed E-state index contributed by atoms with van der Waals surface area (Å²) in [5.41, 5.74) is 0.621. The molecule has 0 saturated carbocycles. The summed E-state index contributed by atoms with van der Waals surface area (Å²) < 4.78 is 28.0. The molecule has 0 atom stereocenters. The molecule has 116 valence electrons. The summed E-state index contributed by atoms with van der Waals surface area (Å²) in [4.78, 5) is 11.9. The number of methoxy groups -OCH3 is 1. The second-order valence-electron chi connectivity index (χ2n) is 4.38. The van der Waals surface area contributed by atoms with Crippen LogP contribution in [-0.2, 0) is 10.0 Å². The van der Waals surface area contributed by atoms with Gasteiger partial charge in [-0.3, -0.25) is 4.79 Å². The third-order valence-corrected chi connectivity index (χ3v) is 3.98. The van der Waals surface area contributed by atoms with Crippen molar-refractivity contribution in [2.75, 3.05) is 12.4 Å². The molecule has 0 spiro atoms. The maximum absolute atomic E-state index is 12.2. The molecule has 6 nitrogen and oxygen atoms in total. The van der Waals surface area contributed by atoms with Gasteiger partial charge in [-0.05, 0) is 36.4 Å². The molecule has 0 fully saturated rings. The highest BCUT2D eigenvalue weighted by atomic mass is 35.5. The molecule has 2 aromatic rings. The Balaban J connectivity index is 2.35. The fraction of sp³-hybridized carbons (Fsp3) is 0.0714. The summed E-state index contributed by atoms with van der Waals surface area (Å²) in [6.07, 6.45) is 0. The second kappa shape index (κ2) is 6.35. The van der Waals surface area contributed by atoms with E-state index in [1.807, 2.05) is 0 Å². The van der Waals surface area contributed by atoms with E-state index in [4.69, 9.17) is 21.5 Å². The minimum atomic E-state index is -4.01. The Kier molecular flexibility index (Phi) is 4.70. The van der Waals surface area contributed by atoms with E-state index in [1.165, 1.54) is 19.2 Å². The first-order valence-electron chi connectivity index (χ1n) is 6.09. The molecule has 0 aliphatic carbocycles. The average Bonchev–Trinajstić information content (AvgIpc) is 2.45. The van der Waals surface area contributed by atoms with Crippen molar-refractivity contribution in [1.82, 2.24) is 0 Å². The summed E-state index contributed by atoms with van der Waals surface area (Å²) in [5.74, 6) is -0.420. The lowest BCUT2D eigenvalue weighted by Gasteiger charge is -2.10. The van der Waals surface area contributed by atoms with Crippen LogP contribution in [0.3, 0.4) is 0 Å². The summed E-state index contributed by atoms with van der Waals surface area (Å²) in [7, 11) is -2.69. The number of anilines is 1. The topological polar surface area (TPSA) is 98.5 Å². The van der Waals surface area contributed by atoms with Crippen LogP contribution >= 0.6 is 11.6 Å². The molecular formula is C14H13ClN2O4S. The molecule has 3 N–H and O–H groups in total. The van der Waals surface area contributed by atoms with Crippen molar-refractivity contribution in [1.29, 1.82) is 0 Å². The molecular weight excluding hydrogens is 328 g/mol. The van der Waals surface area contributed by atoms with Crippen molar-refractivity contribution in [3.63, 3.8) is 0 Å². The predicted molar refractivity (Wildman–Crippen MR) is 83.8 cm³/mol. The van der Waals surface area contributed by atoms with Gasteiger partial charge in [-0.15, -0.1) is 0 Å².